The molecule has 0 saturated heterocycles. The van der Waals surface area contributed by atoms with Crippen LogP contribution in [0.1, 0.15) is 30.5 Å². The van der Waals surface area contributed by atoms with E-state index in [1.807, 2.05) is 64.1 Å². The van der Waals surface area contributed by atoms with E-state index in [0.717, 1.165) is 32.6 Å². The lowest BCUT2D eigenvalue weighted by atomic mass is 10.1. The Morgan fingerprint density at radius 3 is 2.25 bits per heavy atom. The molecular weight excluding hydrogens is 368 g/mol. The summed E-state index contributed by atoms with van der Waals surface area (Å²) in [6.07, 6.45) is 0.150. The molecule has 24 heavy (non-hydrogen) atoms. The van der Waals surface area contributed by atoms with Crippen LogP contribution in [0.25, 0.3) is 0 Å². The lowest BCUT2D eigenvalue weighted by molar-refractivity contribution is 0.242. The Balaban J connectivity index is 1.92. The van der Waals surface area contributed by atoms with Gasteiger partial charge in [-0.05, 0) is 68.7 Å². The van der Waals surface area contributed by atoms with Crippen LogP contribution in [0.2, 0.25) is 0 Å². The summed E-state index contributed by atoms with van der Waals surface area (Å²) >= 11 is 3.46. The first-order chi connectivity index (χ1) is 11.3. The number of hydrogen-bond donors (Lipinski definition) is 2. The zero-order valence-electron chi connectivity index (χ0n) is 14.4. The van der Waals surface area contributed by atoms with Crippen LogP contribution in [0, 0.1) is 13.8 Å². The van der Waals surface area contributed by atoms with Crippen LogP contribution in [-0.2, 0) is 6.54 Å². The molecule has 2 N–H and O–H groups in total. The maximum Gasteiger partial charge on any atom is 0.319 e. The van der Waals surface area contributed by atoms with E-state index in [-0.39, 0.29) is 12.1 Å². The molecule has 2 aromatic carbocycles. The number of carbonyl (C=O) groups excluding carboxylic acids is 1. The van der Waals surface area contributed by atoms with Gasteiger partial charge in [-0.2, -0.15) is 0 Å². The Hall–Kier alpha value is -2.01. The number of rotatable bonds is 5. The van der Waals surface area contributed by atoms with Crippen molar-refractivity contribution in [3.05, 3.63) is 57.6 Å². The summed E-state index contributed by atoms with van der Waals surface area (Å²) in [6, 6.07) is 11.5. The first kappa shape index (κ1) is 18.3. The van der Waals surface area contributed by atoms with Gasteiger partial charge in [0.1, 0.15) is 5.75 Å². The molecule has 0 aliphatic heterocycles. The van der Waals surface area contributed by atoms with Crippen LogP contribution >= 0.6 is 15.9 Å². The second-order valence-corrected chi connectivity index (χ2v) is 6.95. The number of benzene rings is 2. The standard InChI is InChI=1S/C19H23BrN2O2/c1-12(2)24-17-7-5-15(6-8-17)11-21-19(23)22-18-13(3)9-16(20)10-14(18)4/h5-10,12H,11H2,1-4H3,(H2,21,22,23). The van der Waals surface area contributed by atoms with Gasteiger partial charge in [0.25, 0.3) is 0 Å². The van der Waals surface area contributed by atoms with E-state index in [9.17, 15) is 4.79 Å². The van der Waals surface area contributed by atoms with Gasteiger partial charge >= 0.3 is 6.03 Å². The van der Waals surface area contributed by atoms with Crippen LogP contribution in [0.3, 0.4) is 0 Å². The second-order valence-electron chi connectivity index (χ2n) is 6.03. The van der Waals surface area contributed by atoms with E-state index in [4.69, 9.17) is 4.74 Å². The van der Waals surface area contributed by atoms with Gasteiger partial charge in [0.2, 0.25) is 0 Å². The van der Waals surface area contributed by atoms with Crippen molar-refractivity contribution in [2.45, 2.75) is 40.3 Å². The summed E-state index contributed by atoms with van der Waals surface area (Å²) in [5, 5.41) is 5.79. The Morgan fingerprint density at radius 1 is 1.12 bits per heavy atom. The Kier molecular flexibility index (Phi) is 6.26. The van der Waals surface area contributed by atoms with Crippen molar-refractivity contribution < 1.29 is 9.53 Å². The molecule has 2 amide bonds. The van der Waals surface area contributed by atoms with Crippen molar-refractivity contribution in [2.75, 3.05) is 5.32 Å². The number of hydrogen-bond acceptors (Lipinski definition) is 2. The fourth-order valence-corrected chi connectivity index (χ4v) is 3.09. The number of aryl methyl sites for hydroxylation is 2. The second kappa shape index (κ2) is 8.20. The smallest absolute Gasteiger partial charge is 0.319 e. The van der Waals surface area contributed by atoms with Crippen LogP contribution in [-0.4, -0.2) is 12.1 Å². The molecule has 0 atom stereocenters. The highest BCUT2D eigenvalue weighted by molar-refractivity contribution is 9.10. The first-order valence-electron chi connectivity index (χ1n) is 7.92. The van der Waals surface area contributed by atoms with Crippen molar-refractivity contribution >= 4 is 27.6 Å². The highest BCUT2D eigenvalue weighted by Crippen LogP contribution is 2.25. The van der Waals surface area contributed by atoms with Gasteiger partial charge in [-0.15, -0.1) is 0 Å². The summed E-state index contributed by atoms with van der Waals surface area (Å²) in [7, 11) is 0. The first-order valence-corrected chi connectivity index (χ1v) is 8.71. The van der Waals surface area contributed by atoms with Crippen LogP contribution in [0.15, 0.2) is 40.9 Å². The zero-order chi connectivity index (χ0) is 17.7. The monoisotopic (exact) mass is 390 g/mol. The maximum absolute atomic E-state index is 12.1. The van der Waals surface area contributed by atoms with Crippen molar-refractivity contribution in [1.82, 2.24) is 5.32 Å². The van der Waals surface area contributed by atoms with Crippen LogP contribution in [0.4, 0.5) is 10.5 Å². The summed E-state index contributed by atoms with van der Waals surface area (Å²) < 4.78 is 6.61. The average molecular weight is 391 g/mol. The van der Waals surface area contributed by atoms with Crippen molar-refractivity contribution in [3.63, 3.8) is 0 Å². The fourth-order valence-electron chi connectivity index (χ4n) is 2.41. The number of ether oxygens (including phenoxy) is 1. The molecule has 128 valence electrons. The minimum Gasteiger partial charge on any atom is -0.491 e. The van der Waals surface area contributed by atoms with E-state index in [2.05, 4.69) is 26.6 Å². The van der Waals surface area contributed by atoms with E-state index >= 15 is 0 Å². The molecule has 4 nitrogen and oxygen atoms in total. The SMILES string of the molecule is Cc1cc(Br)cc(C)c1NC(=O)NCc1ccc(OC(C)C)cc1. The molecule has 2 aromatic rings. The summed E-state index contributed by atoms with van der Waals surface area (Å²) in [6.45, 7) is 8.39. The van der Waals surface area contributed by atoms with Gasteiger partial charge in [0.15, 0.2) is 0 Å². The third-order valence-electron chi connectivity index (χ3n) is 3.48. The van der Waals surface area contributed by atoms with Crippen molar-refractivity contribution in [3.8, 4) is 5.75 Å². The molecular formula is C19H23BrN2O2. The van der Waals surface area contributed by atoms with Gasteiger partial charge < -0.3 is 15.4 Å². The topological polar surface area (TPSA) is 50.4 Å². The number of nitrogens with one attached hydrogen (secondary N) is 2. The lowest BCUT2D eigenvalue weighted by Gasteiger charge is -2.14. The number of amides is 2. The molecule has 0 spiro atoms. The van der Waals surface area contributed by atoms with Crippen molar-refractivity contribution in [2.24, 2.45) is 0 Å². The molecule has 5 heteroatoms. The molecule has 0 heterocycles. The lowest BCUT2D eigenvalue weighted by Crippen LogP contribution is -2.28. The average Bonchev–Trinajstić information content (AvgIpc) is 2.49. The number of halogens is 1. The Morgan fingerprint density at radius 2 is 1.71 bits per heavy atom. The summed E-state index contributed by atoms with van der Waals surface area (Å²) in [5.74, 6) is 0.833. The highest BCUT2D eigenvalue weighted by Gasteiger charge is 2.08. The fraction of sp³-hybridized carbons (Fsp3) is 0.316. The van der Waals surface area contributed by atoms with Gasteiger partial charge in [-0.3, -0.25) is 0 Å². The van der Waals surface area contributed by atoms with E-state index in [1.165, 1.54) is 0 Å². The molecule has 0 bridgehead atoms. The van der Waals surface area contributed by atoms with Gasteiger partial charge in [0.05, 0.1) is 6.10 Å². The molecule has 0 aromatic heterocycles. The predicted octanol–water partition coefficient (Wildman–Crippen LogP) is 5.17. The minimum atomic E-state index is -0.217. The van der Waals surface area contributed by atoms with E-state index in [1.54, 1.807) is 0 Å². The number of urea groups is 1. The molecule has 0 aliphatic carbocycles. The third-order valence-corrected chi connectivity index (χ3v) is 3.94. The van der Waals surface area contributed by atoms with Crippen LogP contribution < -0.4 is 15.4 Å². The van der Waals surface area contributed by atoms with E-state index < -0.39 is 0 Å². The third kappa shape index (κ3) is 5.27. The molecule has 0 fully saturated rings. The molecule has 2 rings (SSSR count). The Labute approximate surface area is 151 Å². The van der Waals surface area contributed by atoms with Gasteiger partial charge in [-0.25, -0.2) is 4.79 Å². The van der Waals surface area contributed by atoms with Gasteiger partial charge in [0, 0.05) is 16.7 Å². The largest absolute Gasteiger partial charge is 0.491 e. The summed E-state index contributed by atoms with van der Waals surface area (Å²) in [5.41, 5.74) is 3.90. The number of carbonyl (C=O) groups is 1. The molecule has 0 unspecified atom stereocenters. The predicted molar refractivity (Wildman–Crippen MR) is 102 cm³/mol. The maximum atomic E-state index is 12.1. The molecule has 0 aliphatic rings. The zero-order valence-corrected chi connectivity index (χ0v) is 16.0. The van der Waals surface area contributed by atoms with Crippen LogP contribution in [0.5, 0.6) is 5.75 Å². The minimum absolute atomic E-state index is 0.150. The normalized spacial score (nSPS) is 10.6. The molecule has 0 saturated carbocycles. The van der Waals surface area contributed by atoms with E-state index in [0.29, 0.717) is 6.54 Å². The van der Waals surface area contributed by atoms with Gasteiger partial charge in [-0.1, -0.05) is 28.1 Å². The number of anilines is 1. The Bertz CT molecular complexity index is 689. The highest BCUT2D eigenvalue weighted by atomic mass is 79.9. The summed E-state index contributed by atoms with van der Waals surface area (Å²) in [4.78, 5) is 12.1. The quantitative estimate of drug-likeness (QED) is 0.738. The van der Waals surface area contributed by atoms with Crippen molar-refractivity contribution in [1.29, 1.82) is 0 Å². The molecule has 0 radical (unpaired) electrons.